The van der Waals surface area contributed by atoms with Crippen LogP contribution in [-0.4, -0.2) is 28.8 Å². The zero-order valence-electron chi connectivity index (χ0n) is 21.1. The number of nitrogens with zero attached hydrogens (tertiary/aromatic N) is 1. The second-order valence-corrected chi connectivity index (χ2v) is 10.3. The lowest BCUT2D eigenvalue weighted by Gasteiger charge is -2.32. The highest BCUT2D eigenvalue weighted by Gasteiger charge is 2.31. The van der Waals surface area contributed by atoms with Crippen LogP contribution in [0.25, 0.3) is 0 Å². The van der Waals surface area contributed by atoms with Gasteiger partial charge < -0.3 is 10.2 Å². The largest absolute Gasteiger partial charge is 0.352 e. The molecule has 2 amide bonds. The molecular formula is C30H35BrN2O2. The fourth-order valence-electron chi connectivity index (χ4n) is 4.27. The Hall–Kier alpha value is -2.92. The van der Waals surface area contributed by atoms with Crippen LogP contribution >= 0.6 is 15.9 Å². The van der Waals surface area contributed by atoms with Crippen molar-refractivity contribution in [3.63, 3.8) is 0 Å². The molecule has 0 aromatic heterocycles. The Morgan fingerprint density at radius 3 is 2.17 bits per heavy atom. The van der Waals surface area contributed by atoms with Gasteiger partial charge in [-0.25, -0.2) is 0 Å². The van der Waals surface area contributed by atoms with E-state index in [2.05, 4.69) is 27.3 Å². The molecule has 0 bridgehead atoms. The number of aryl methyl sites for hydroxylation is 2. The molecule has 3 aromatic carbocycles. The topological polar surface area (TPSA) is 49.4 Å². The van der Waals surface area contributed by atoms with Gasteiger partial charge in [0.2, 0.25) is 11.8 Å². The minimum atomic E-state index is -0.621. The van der Waals surface area contributed by atoms with Crippen LogP contribution in [0.4, 0.5) is 0 Å². The average Bonchev–Trinajstić information content (AvgIpc) is 2.81. The van der Waals surface area contributed by atoms with E-state index < -0.39 is 6.04 Å². The number of amides is 2. The number of hydrogen-bond acceptors (Lipinski definition) is 2. The van der Waals surface area contributed by atoms with Crippen LogP contribution in [0.15, 0.2) is 77.3 Å². The molecule has 0 aliphatic carbocycles. The molecule has 0 spiro atoms. The summed E-state index contributed by atoms with van der Waals surface area (Å²) in [5.74, 6) is -0.179. The van der Waals surface area contributed by atoms with Crippen molar-refractivity contribution >= 4 is 27.7 Å². The zero-order chi connectivity index (χ0) is 25.4. The Morgan fingerprint density at radius 1 is 0.886 bits per heavy atom. The van der Waals surface area contributed by atoms with Gasteiger partial charge in [-0.1, -0.05) is 94.6 Å². The van der Waals surface area contributed by atoms with E-state index in [1.807, 2.05) is 94.4 Å². The molecule has 1 N–H and O–H groups in total. The monoisotopic (exact) mass is 534 g/mol. The molecule has 0 fully saturated rings. The van der Waals surface area contributed by atoms with E-state index in [-0.39, 0.29) is 24.3 Å². The standard InChI is InChI=1S/C30H35BrN2O2/c1-5-23(4)32-30(35)28(18-24-10-7-6-8-11-24)33(20-25-12-9-13-27(31)17-25)29(34)19-26-15-21(2)14-22(3)16-26/h6-17,23,28H,5,18-20H2,1-4H3,(H,32,35)/t23-,28-/m0/s1. The summed E-state index contributed by atoms with van der Waals surface area (Å²) in [7, 11) is 0. The first-order valence-corrected chi connectivity index (χ1v) is 13.0. The van der Waals surface area contributed by atoms with Crippen LogP contribution in [0.1, 0.15) is 48.1 Å². The highest BCUT2D eigenvalue weighted by atomic mass is 79.9. The quantitative estimate of drug-likeness (QED) is 0.338. The summed E-state index contributed by atoms with van der Waals surface area (Å²) in [6.45, 7) is 8.47. The van der Waals surface area contributed by atoms with Crippen molar-refractivity contribution in [2.45, 2.75) is 65.6 Å². The number of carbonyl (C=O) groups is 2. The summed E-state index contributed by atoms with van der Waals surface area (Å²) >= 11 is 3.54. The van der Waals surface area contributed by atoms with Gasteiger partial charge in [-0.05, 0) is 56.0 Å². The maximum absolute atomic E-state index is 13.9. The van der Waals surface area contributed by atoms with Crippen LogP contribution < -0.4 is 5.32 Å². The van der Waals surface area contributed by atoms with E-state index in [0.717, 1.165) is 38.7 Å². The number of carbonyl (C=O) groups excluding carboxylic acids is 2. The number of hydrogen-bond donors (Lipinski definition) is 1. The molecule has 5 heteroatoms. The third-order valence-corrected chi connectivity index (χ3v) is 6.64. The lowest BCUT2D eigenvalue weighted by Crippen LogP contribution is -2.52. The SMILES string of the molecule is CC[C@H](C)NC(=O)[C@H](Cc1ccccc1)N(Cc1cccc(Br)c1)C(=O)Cc1cc(C)cc(C)c1. The van der Waals surface area contributed by atoms with Gasteiger partial charge in [0.25, 0.3) is 0 Å². The van der Waals surface area contributed by atoms with Crippen molar-refractivity contribution in [2.24, 2.45) is 0 Å². The van der Waals surface area contributed by atoms with Crippen molar-refractivity contribution in [3.05, 3.63) is 105 Å². The Bertz CT molecular complexity index is 1130. The maximum atomic E-state index is 13.9. The molecule has 35 heavy (non-hydrogen) atoms. The second kappa shape index (κ2) is 12.7. The van der Waals surface area contributed by atoms with Crippen molar-refractivity contribution in [3.8, 4) is 0 Å². The molecule has 3 rings (SSSR count). The fraction of sp³-hybridized carbons (Fsp3) is 0.333. The van der Waals surface area contributed by atoms with Crippen LogP contribution in [0.5, 0.6) is 0 Å². The molecule has 2 atom stereocenters. The Kier molecular flexibility index (Phi) is 9.67. The molecule has 0 aliphatic rings. The third kappa shape index (κ3) is 8.07. The molecule has 0 saturated carbocycles. The minimum absolute atomic E-state index is 0.0306. The summed E-state index contributed by atoms with van der Waals surface area (Å²) in [6.07, 6.45) is 1.53. The zero-order valence-corrected chi connectivity index (χ0v) is 22.6. The van der Waals surface area contributed by atoms with E-state index in [9.17, 15) is 9.59 Å². The molecule has 4 nitrogen and oxygen atoms in total. The molecule has 0 radical (unpaired) electrons. The molecule has 0 saturated heterocycles. The third-order valence-electron chi connectivity index (χ3n) is 6.15. The number of benzene rings is 3. The maximum Gasteiger partial charge on any atom is 0.243 e. The van der Waals surface area contributed by atoms with E-state index in [0.29, 0.717) is 13.0 Å². The van der Waals surface area contributed by atoms with Gasteiger partial charge in [-0.15, -0.1) is 0 Å². The van der Waals surface area contributed by atoms with Gasteiger partial charge in [0.15, 0.2) is 0 Å². The van der Waals surface area contributed by atoms with Crippen LogP contribution in [-0.2, 0) is 29.0 Å². The van der Waals surface area contributed by atoms with Gasteiger partial charge in [-0.3, -0.25) is 9.59 Å². The van der Waals surface area contributed by atoms with Crippen LogP contribution in [0.2, 0.25) is 0 Å². The lowest BCUT2D eigenvalue weighted by molar-refractivity contribution is -0.141. The van der Waals surface area contributed by atoms with Gasteiger partial charge in [0.05, 0.1) is 6.42 Å². The molecular weight excluding hydrogens is 500 g/mol. The molecule has 184 valence electrons. The predicted molar refractivity (Wildman–Crippen MR) is 146 cm³/mol. The Labute approximate surface area is 217 Å². The number of halogens is 1. The normalized spacial score (nSPS) is 12.6. The number of rotatable bonds is 10. The fourth-order valence-corrected chi connectivity index (χ4v) is 4.72. The van der Waals surface area contributed by atoms with Crippen LogP contribution in [0.3, 0.4) is 0 Å². The lowest BCUT2D eigenvalue weighted by atomic mass is 10.00. The van der Waals surface area contributed by atoms with Crippen molar-refractivity contribution < 1.29 is 9.59 Å². The van der Waals surface area contributed by atoms with Gasteiger partial charge in [0, 0.05) is 23.5 Å². The first-order valence-electron chi connectivity index (χ1n) is 12.2. The van der Waals surface area contributed by atoms with E-state index >= 15 is 0 Å². The average molecular weight is 536 g/mol. The van der Waals surface area contributed by atoms with E-state index in [1.165, 1.54) is 0 Å². The van der Waals surface area contributed by atoms with E-state index in [4.69, 9.17) is 0 Å². The highest BCUT2D eigenvalue weighted by Crippen LogP contribution is 2.20. The van der Waals surface area contributed by atoms with Gasteiger partial charge in [-0.2, -0.15) is 0 Å². The second-order valence-electron chi connectivity index (χ2n) is 9.35. The summed E-state index contributed by atoms with van der Waals surface area (Å²) < 4.78 is 0.945. The Balaban J connectivity index is 1.99. The molecule has 0 unspecified atom stereocenters. The smallest absolute Gasteiger partial charge is 0.243 e. The summed E-state index contributed by atoms with van der Waals surface area (Å²) in [6, 6.07) is 23.4. The van der Waals surface area contributed by atoms with E-state index in [1.54, 1.807) is 4.90 Å². The summed E-state index contributed by atoms with van der Waals surface area (Å²) in [5.41, 5.74) is 5.22. The molecule has 0 heterocycles. The van der Waals surface area contributed by atoms with Crippen molar-refractivity contribution in [1.82, 2.24) is 10.2 Å². The highest BCUT2D eigenvalue weighted by molar-refractivity contribution is 9.10. The summed E-state index contributed by atoms with van der Waals surface area (Å²) in [5, 5.41) is 3.12. The Morgan fingerprint density at radius 2 is 1.54 bits per heavy atom. The predicted octanol–water partition coefficient (Wildman–Crippen LogP) is 6.16. The van der Waals surface area contributed by atoms with Gasteiger partial charge in [0.1, 0.15) is 6.04 Å². The van der Waals surface area contributed by atoms with Crippen molar-refractivity contribution in [2.75, 3.05) is 0 Å². The first-order chi connectivity index (χ1) is 16.7. The van der Waals surface area contributed by atoms with Gasteiger partial charge >= 0.3 is 0 Å². The molecule has 0 aliphatic heterocycles. The number of nitrogens with one attached hydrogen (secondary N) is 1. The summed E-state index contributed by atoms with van der Waals surface area (Å²) in [4.78, 5) is 29.2. The van der Waals surface area contributed by atoms with Crippen molar-refractivity contribution in [1.29, 1.82) is 0 Å². The first kappa shape index (κ1) is 26.7. The minimum Gasteiger partial charge on any atom is -0.352 e. The molecule has 3 aromatic rings. The van der Waals surface area contributed by atoms with Crippen LogP contribution in [0, 0.1) is 13.8 Å².